The van der Waals surface area contributed by atoms with E-state index in [4.69, 9.17) is 0 Å². The van der Waals surface area contributed by atoms with Crippen molar-refractivity contribution in [1.82, 2.24) is 10.2 Å². The van der Waals surface area contributed by atoms with E-state index in [9.17, 15) is 4.79 Å². The molecule has 0 bridgehead atoms. The number of likely N-dealkylation sites (tertiary alicyclic amines) is 1. The fourth-order valence-corrected chi connectivity index (χ4v) is 2.93. The number of piperidine rings is 1. The molecule has 1 saturated heterocycles. The molecule has 3 nitrogen and oxygen atoms in total. The van der Waals surface area contributed by atoms with Gasteiger partial charge in [0.2, 0.25) is 5.91 Å². The summed E-state index contributed by atoms with van der Waals surface area (Å²) in [5, 5.41) is 3.67. The fraction of sp³-hybridized carbons (Fsp3) is 0.588. The number of amides is 1. The van der Waals surface area contributed by atoms with Gasteiger partial charge in [-0.05, 0) is 37.7 Å². The van der Waals surface area contributed by atoms with Gasteiger partial charge in [0.15, 0.2) is 0 Å². The van der Waals surface area contributed by atoms with Crippen LogP contribution in [0.5, 0.6) is 0 Å². The largest absolute Gasteiger partial charge is 0.343 e. The summed E-state index contributed by atoms with van der Waals surface area (Å²) in [6, 6.07) is 11.7. The number of benzene rings is 1. The SMILES string of the molecule is O=C(CCc1ccccc1)N1CCC(NC2CC2)CC1. The summed E-state index contributed by atoms with van der Waals surface area (Å²) < 4.78 is 0. The predicted molar refractivity (Wildman–Crippen MR) is 80.5 cm³/mol. The Hall–Kier alpha value is -1.35. The highest BCUT2D eigenvalue weighted by molar-refractivity contribution is 5.76. The first-order chi connectivity index (χ1) is 9.81. The number of aryl methyl sites for hydroxylation is 1. The van der Waals surface area contributed by atoms with Gasteiger partial charge in [-0.15, -0.1) is 0 Å². The quantitative estimate of drug-likeness (QED) is 0.892. The van der Waals surface area contributed by atoms with Crippen molar-refractivity contribution in [3.05, 3.63) is 35.9 Å². The second-order valence-corrected chi connectivity index (χ2v) is 6.08. The standard InChI is InChI=1S/C17H24N2O/c20-17(9-6-14-4-2-1-3-5-14)19-12-10-16(11-13-19)18-15-7-8-15/h1-5,15-16,18H,6-13H2. The van der Waals surface area contributed by atoms with E-state index in [2.05, 4.69) is 17.4 Å². The Morgan fingerprint density at radius 3 is 2.35 bits per heavy atom. The van der Waals surface area contributed by atoms with Crippen LogP contribution in [0.25, 0.3) is 0 Å². The zero-order valence-corrected chi connectivity index (χ0v) is 12.1. The molecule has 0 unspecified atom stereocenters. The molecule has 2 fully saturated rings. The van der Waals surface area contributed by atoms with Gasteiger partial charge in [-0.1, -0.05) is 30.3 Å². The van der Waals surface area contributed by atoms with E-state index < -0.39 is 0 Å². The fourth-order valence-electron chi connectivity index (χ4n) is 2.93. The highest BCUT2D eigenvalue weighted by Crippen LogP contribution is 2.22. The lowest BCUT2D eigenvalue weighted by molar-refractivity contribution is -0.132. The van der Waals surface area contributed by atoms with E-state index in [1.807, 2.05) is 23.1 Å². The number of carbonyl (C=O) groups excluding carboxylic acids is 1. The molecule has 3 rings (SSSR count). The Labute approximate surface area is 121 Å². The molecule has 1 aromatic rings. The Morgan fingerprint density at radius 1 is 1.05 bits per heavy atom. The van der Waals surface area contributed by atoms with E-state index in [0.717, 1.165) is 38.4 Å². The third kappa shape index (κ3) is 3.83. The molecule has 1 saturated carbocycles. The second-order valence-electron chi connectivity index (χ2n) is 6.08. The highest BCUT2D eigenvalue weighted by Gasteiger charge is 2.28. The Bertz CT molecular complexity index is 434. The van der Waals surface area contributed by atoms with Gasteiger partial charge in [-0.25, -0.2) is 0 Å². The van der Waals surface area contributed by atoms with E-state index in [0.29, 0.717) is 18.4 Å². The number of nitrogens with zero attached hydrogens (tertiary/aromatic N) is 1. The minimum atomic E-state index is 0.318. The second kappa shape index (κ2) is 6.40. The number of carbonyl (C=O) groups is 1. The lowest BCUT2D eigenvalue weighted by atomic mass is 10.0. The molecule has 20 heavy (non-hydrogen) atoms. The van der Waals surface area contributed by atoms with E-state index in [-0.39, 0.29) is 0 Å². The lowest BCUT2D eigenvalue weighted by Gasteiger charge is -2.32. The van der Waals surface area contributed by atoms with Gasteiger partial charge in [0.1, 0.15) is 0 Å². The summed E-state index contributed by atoms with van der Waals surface area (Å²) in [5.41, 5.74) is 1.26. The topological polar surface area (TPSA) is 32.3 Å². The molecule has 0 radical (unpaired) electrons. The summed E-state index contributed by atoms with van der Waals surface area (Å²) >= 11 is 0. The number of nitrogens with one attached hydrogen (secondary N) is 1. The summed E-state index contributed by atoms with van der Waals surface area (Å²) in [6.07, 6.45) is 6.43. The minimum Gasteiger partial charge on any atom is -0.343 e. The van der Waals surface area contributed by atoms with Gasteiger partial charge < -0.3 is 10.2 Å². The number of hydrogen-bond acceptors (Lipinski definition) is 2. The van der Waals surface area contributed by atoms with Gasteiger partial charge in [-0.2, -0.15) is 0 Å². The van der Waals surface area contributed by atoms with Crippen LogP contribution in [0.4, 0.5) is 0 Å². The summed E-state index contributed by atoms with van der Waals surface area (Å²) in [6.45, 7) is 1.86. The van der Waals surface area contributed by atoms with Crippen LogP contribution in [-0.2, 0) is 11.2 Å². The summed E-state index contributed by atoms with van der Waals surface area (Å²) in [4.78, 5) is 14.3. The normalized spacial score (nSPS) is 20.1. The van der Waals surface area contributed by atoms with Crippen LogP contribution in [0.1, 0.15) is 37.7 Å². The van der Waals surface area contributed by atoms with Crippen molar-refractivity contribution in [3.8, 4) is 0 Å². The average molecular weight is 272 g/mol. The molecular formula is C17H24N2O. The van der Waals surface area contributed by atoms with Gasteiger partial charge in [0.25, 0.3) is 0 Å². The van der Waals surface area contributed by atoms with Crippen LogP contribution in [0, 0.1) is 0 Å². The van der Waals surface area contributed by atoms with Crippen LogP contribution in [0.2, 0.25) is 0 Å². The number of rotatable bonds is 5. The van der Waals surface area contributed by atoms with Crippen molar-refractivity contribution in [3.63, 3.8) is 0 Å². The maximum Gasteiger partial charge on any atom is 0.222 e. The van der Waals surface area contributed by atoms with Gasteiger partial charge >= 0.3 is 0 Å². The predicted octanol–water partition coefficient (Wildman–Crippen LogP) is 2.36. The van der Waals surface area contributed by atoms with E-state index in [1.54, 1.807) is 0 Å². The summed E-state index contributed by atoms with van der Waals surface area (Å²) in [7, 11) is 0. The molecule has 1 amide bonds. The first kappa shape index (κ1) is 13.6. The first-order valence-electron chi connectivity index (χ1n) is 7.89. The third-order valence-corrected chi connectivity index (χ3v) is 4.37. The Balaban J connectivity index is 1.39. The minimum absolute atomic E-state index is 0.318. The molecule has 1 heterocycles. The Kier molecular flexibility index (Phi) is 4.36. The van der Waals surface area contributed by atoms with E-state index >= 15 is 0 Å². The molecule has 1 aliphatic heterocycles. The zero-order valence-electron chi connectivity index (χ0n) is 12.1. The molecule has 1 aromatic carbocycles. The molecule has 0 aromatic heterocycles. The van der Waals surface area contributed by atoms with Crippen molar-refractivity contribution in [2.75, 3.05) is 13.1 Å². The highest BCUT2D eigenvalue weighted by atomic mass is 16.2. The van der Waals surface area contributed by atoms with E-state index in [1.165, 1.54) is 18.4 Å². The average Bonchev–Trinajstić information content (AvgIpc) is 3.31. The molecular weight excluding hydrogens is 248 g/mol. The van der Waals surface area contributed by atoms with Crippen molar-refractivity contribution in [2.45, 2.75) is 50.6 Å². The van der Waals surface area contributed by atoms with Crippen molar-refractivity contribution < 1.29 is 4.79 Å². The number of hydrogen-bond donors (Lipinski definition) is 1. The summed E-state index contributed by atoms with van der Waals surface area (Å²) in [5.74, 6) is 0.318. The molecule has 3 heteroatoms. The molecule has 1 N–H and O–H groups in total. The van der Waals surface area contributed by atoms with Crippen LogP contribution >= 0.6 is 0 Å². The first-order valence-corrected chi connectivity index (χ1v) is 7.89. The molecule has 2 aliphatic rings. The van der Waals surface area contributed by atoms with Crippen molar-refractivity contribution in [2.24, 2.45) is 0 Å². The maximum absolute atomic E-state index is 12.2. The lowest BCUT2D eigenvalue weighted by Crippen LogP contribution is -2.45. The Morgan fingerprint density at radius 2 is 1.70 bits per heavy atom. The van der Waals surface area contributed by atoms with Gasteiger partial charge in [0, 0.05) is 31.6 Å². The third-order valence-electron chi connectivity index (χ3n) is 4.37. The zero-order chi connectivity index (χ0) is 13.8. The van der Waals surface area contributed by atoms with Crippen molar-refractivity contribution in [1.29, 1.82) is 0 Å². The van der Waals surface area contributed by atoms with Crippen LogP contribution < -0.4 is 5.32 Å². The van der Waals surface area contributed by atoms with Crippen LogP contribution in [-0.4, -0.2) is 36.0 Å². The monoisotopic (exact) mass is 272 g/mol. The van der Waals surface area contributed by atoms with Gasteiger partial charge in [-0.3, -0.25) is 4.79 Å². The molecule has 1 aliphatic carbocycles. The van der Waals surface area contributed by atoms with Crippen molar-refractivity contribution >= 4 is 5.91 Å². The molecule has 0 spiro atoms. The molecule has 108 valence electrons. The maximum atomic E-state index is 12.2. The van der Waals surface area contributed by atoms with Gasteiger partial charge in [0.05, 0.1) is 0 Å². The van der Waals surface area contributed by atoms with Crippen LogP contribution in [0.15, 0.2) is 30.3 Å². The smallest absolute Gasteiger partial charge is 0.222 e. The van der Waals surface area contributed by atoms with Crippen LogP contribution in [0.3, 0.4) is 0 Å². The molecule has 0 atom stereocenters.